The number of carbonyl (C=O) groups excluding carboxylic acids is 1. The second-order valence-corrected chi connectivity index (χ2v) is 7.50. The van der Waals surface area contributed by atoms with Crippen molar-refractivity contribution in [2.45, 2.75) is 23.8 Å². The number of hydrogen-bond donors (Lipinski definition) is 3. The van der Waals surface area contributed by atoms with E-state index in [4.69, 9.17) is 4.42 Å². The van der Waals surface area contributed by atoms with Crippen LogP contribution in [0.1, 0.15) is 18.4 Å². The molecule has 4 aromatic rings. The summed E-state index contributed by atoms with van der Waals surface area (Å²) in [4.78, 5) is 29.1. The van der Waals surface area contributed by atoms with Crippen LogP contribution >= 0.6 is 11.8 Å². The highest BCUT2D eigenvalue weighted by molar-refractivity contribution is 8.00. The Morgan fingerprint density at radius 1 is 1.14 bits per heavy atom. The number of benzene rings is 2. The summed E-state index contributed by atoms with van der Waals surface area (Å²) in [6, 6.07) is 15.0. The predicted molar refractivity (Wildman–Crippen MR) is 106 cm³/mol. The highest BCUT2D eigenvalue weighted by atomic mass is 32.2. The lowest BCUT2D eigenvalue weighted by Crippen LogP contribution is -2.22. The summed E-state index contributed by atoms with van der Waals surface area (Å²) in [5.74, 6) is 0.299. The molecule has 2 heterocycles. The van der Waals surface area contributed by atoms with E-state index >= 15 is 0 Å². The van der Waals surface area contributed by atoms with Gasteiger partial charge in [-0.15, -0.1) is 10.2 Å². The fraction of sp³-hybridized carbons (Fsp3) is 0.158. The van der Waals surface area contributed by atoms with E-state index in [0.717, 1.165) is 5.56 Å². The number of thioether (sulfide) groups is 1. The molecule has 1 amide bonds. The Labute approximate surface area is 163 Å². The van der Waals surface area contributed by atoms with Gasteiger partial charge in [-0.3, -0.25) is 4.79 Å². The first-order valence-electron chi connectivity index (χ1n) is 8.63. The number of carbonyl (C=O) groups is 1. The largest absolute Gasteiger partial charge is 0.416 e. The zero-order chi connectivity index (χ0) is 19.5. The standard InChI is InChI=1S/C19H17N5O3S/c1-11(17(25)20-13-7-8-14-15(10-13)22-18(26)21-14)28-19-24-23-16(27-19)9-12-5-3-2-4-6-12/h2-8,10-11H,9H2,1H3,(H,20,25)(H2,21,22,26)/t11-/m0/s1. The van der Waals surface area contributed by atoms with Crippen molar-refractivity contribution in [3.05, 3.63) is 70.5 Å². The maximum Gasteiger partial charge on any atom is 0.323 e. The summed E-state index contributed by atoms with van der Waals surface area (Å²) in [5.41, 5.74) is 2.69. The summed E-state index contributed by atoms with van der Waals surface area (Å²) < 4.78 is 5.64. The van der Waals surface area contributed by atoms with Gasteiger partial charge in [-0.2, -0.15) is 0 Å². The zero-order valence-corrected chi connectivity index (χ0v) is 15.7. The molecule has 2 aromatic carbocycles. The Bertz CT molecular complexity index is 1170. The lowest BCUT2D eigenvalue weighted by atomic mass is 10.2. The van der Waals surface area contributed by atoms with Crippen molar-refractivity contribution in [1.29, 1.82) is 0 Å². The quantitative estimate of drug-likeness (QED) is 0.432. The molecule has 0 saturated heterocycles. The summed E-state index contributed by atoms with van der Waals surface area (Å²) >= 11 is 1.19. The average molecular weight is 395 g/mol. The first-order chi connectivity index (χ1) is 13.6. The van der Waals surface area contributed by atoms with Gasteiger partial charge in [0.15, 0.2) is 0 Å². The van der Waals surface area contributed by atoms with Gasteiger partial charge in [0.2, 0.25) is 11.8 Å². The van der Waals surface area contributed by atoms with Crippen LogP contribution in [0.5, 0.6) is 0 Å². The Morgan fingerprint density at radius 3 is 2.75 bits per heavy atom. The monoisotopic (exact) mass is 395 g/mol. The fourth-order valence-corrected chi connectivity index (χ4v) is 3.39. The topological polar surface area (TPSA) is 117 Å². The van der Waals surface area contributed by atoms with Crippen LogP contribution in [-0.2, 0) is 11.2 Å². The van der Waals surface area contributed by atoms with Gasteiger partial charge in [-0.1, -0.05) is 42.1 Å². The van der Waals surface area contributed by atoms with Gasteiger partial charge in [-0.05, 0) is 30.7 Å². The molecule has 9 heteroatoms. The van der Waals surface area contributed by atoms with Crippen LogP contribution in [0.2, 0.25) is 0 Å². The van der Waals surface area contributed by atoms with Crippen molar-refractivity contribution in [1.82, 2.24) is 20.2 Å². The predicted octanol–water partition coefficient (Wildman–Crippen LogP) is 2.95. The second-order valence-electron chi connectivity index (χ2n) is 6.21. The molecule has 0 fully saturated rings. The SMILES string of the molecule is C[C@H](Sc1nnc(Cc2ccccc2)o1)C(=O)Nc1ccc2[nH]c(=O)[nH]c2c1. The normalized spacial score (nSPS) is 12.2. The van der Waals surface area contributed by atoms with Crippen molar-refractivity contribution < 1.29 is 9.21 Å². The van der Waals surface area contributed by atoms with Crippen LogP contribution < -0.4 is 11.0 Å². The minimum absolute atomic E-state index is 0.204. The number of imidazole rings is 1. The van der Waals surface area contributed by atoms with Crippen molar-refractivity contribution in [3.63, 3.8) is 0 Å². The summed E-state index contributed by atoms with van der Waals surface area (Å²) in [6.45, 7) is 1.76. The summed E-state index contributed by atoms with van der Waals surface area (Å²) in [6.07, 6.45) is 0.545. The Morgan fingerprint density at radius 2 is 1.93 bits per heavy atom. The number of nitrogens with one attached hydrogen (secondary N) is 3. The van der Waals surface area contributed by atoms with Crippen LogP contribution in [0, 0.1) is 0 Å². The lowest BCUT2D eigenvalue weighted by Gasteiger charge is -2.09. The van der Waals surface area contributed by atoms with E-state index in [2.05, 4.69) is 25.5 Å². The maximum atomic E-state index is 12.5. The maximum absolute atomic E-state index is 12.5. The number of aromatic nitrogens is 4. The third kappa shape index (κ3) is 4.15. The van der Waals surface area contributed by atoms with E-state index in [0.29, 0.717) is 34.3 Å². The highest BCUT2D eigenvalue weighted by Gasteiger charge is 2.19. The number of anilines is 1. The number of aromatic amines is 2. The molecule has 142 valence electrons. The molecule has 0 spiro atoms. The molecule has 0 unspecified atom stereocenters. The van der Waals surface area contributed by atoms with Crippen LogP contribution in [0.3, 0.4) is 0 Å². The number of hydrogen-bond acceptors (Lipinski definition) is 6. The summed E-state index contributed by atoms with van der Waals surface area (Å²) in [7, 11) is 0. The third-order valence-electron chi connectivity index (χ3n) is 4.08. The number of fused-ring (bicyclic) bond motifs is 1. The Hall–Kier alpha value is -3.33. The van der Waals surface area contributed by atoms with Gasteiger partial charge in [0, 0.05) is 5.69 Å². The number of H-pyrrole nitrogens is 2. The van der Waals surface area contributed by atoms with Gasteiger partial charge in [0.05, 0.1) is 22.7 Å². The number of nitrogens with zero attached hydrogens (tertiary/aromatic N) is 2. The van der Waals surface area contributed by atoms with Gasteiger partial charge in [0.25, 0.3) is 5.22 Å². The van der Waals surface area contributed by atoms with E-state index in [1.54, 1.807) is 25.1 Å². The molecule has 3 N–H and O–H groups in total. The minimum Gasteiger partial charge on any atom is -0.416 e. The van der Waals surface area contributed by atoms with Crippen molar-refractivity contribution in [2.75, 3.05) is 5.32 Å². The van der Waals surface area contributed by atoms with E-state index in [1.807, 2.05) is 30.3 Å². The van der Waals surface area contributed by atoms with E-state index in [1.165, 1.54) is 11.8 Å². The first kappa shape index (κ1) is 18.1. The lowest BCUT2D eigenvalue weighted by molar-refractivity contribution is -0.115. The van der Waals surface area contributed by atoms with Crippen molar-refractivity contribution >= 4 is 34.4 Å². The molecular formula is C19H17N5O3S. The molecule has 28 heavy (non-hydrogen) atoms. The van der Waals surface area contributed by atoms with Crippen molar-refractivity contribution in [2.24, 2.45) is 0 Å². The van der Waals surface area contributed by atoms with Gasteiger partial charge >= 0.3 is 5.69 Å². The second kappa shape index (κ2) is 7.73. The van der Waals surface area contributed by atoms with Crippen LogP contribution in [0.15, 0.2) is 63.0 Å². The van der Waals surface area contributed by atoms with Crippen LogP contribution in [-0.4, -0.2) is 31.3 Å². The van der Waals surface area contributed by atoms with E-state index in [-0.39, 0.29) is 11.6 Å². The molecule has 0 radical (unpaired) electrons. The fourth-order valence-electron chi connectivity index (χ4n) is 2.69. The Kier molecular flexibility index (Phi) is 4.98. The first-order valence-corrected chi connectivity index (χ1v) is 9.51. The van der Waals surface area contributed by atoms with Crippen molar-refractivity contribution in [3.8, 4) is 0 Å². The molecule has 0 bridgehead atoms. The van der Waals surface area contributed by atoms with Gasteiger partial charge in [-0.25, -0.2) is 4.79 Å². The van der Waals surface area contributed by atoms with E-state index < -0.39 is 5.25 Å². The molecule has 8 nitrogen and oxygen atoms in total. The number of amides is 1. The minimum atomic E-state index is -0.439. The molecule has 0 aliphatic rings. The van der Waals surface area contributed by atoms with E-state index in [9.17, 15) is 9.59 Å². The molecule has 2 aromatic heterocycles. The van der Waals surface area contributed by atoms with Crippen LogP contribution in [0.25, 0.3) is 11.0 Å². The van der Waals surface area contributed by atoms with Gasteiger partial charge < -0.3 is 19.7 Å². The average Bonchev–Trinajstić information content (AvgIpc) is 3.27. The number of rotatable bonds is 6. The molecular weight excluding hydrogens is 378 g/mol. The summed E-state index contributed by atoms with van der Waals surface area (Å²) in [5, 5.41) is 10.8. The highest BCUT2D eigenvalue weighted by Crippen LogP contribution is 2.24. The molecule has 0 saturated carbocycles. The van der Waals surface area contributed by atoms with Gasteiger partial charge in [0.1, 0.15) is 0 Å². The Balaban J connectivity index is 1.38. The smallest absolute Gasteiger partial charge is 0.323 e. The zero-order valence-electron chi connectivity index (χ0n) is 14.9. The molecule has 1 atom stereocenters. The molecule has 0 aliphatic carbocycles. The molecule has 4 rings (SSSR count). The molecule has 0 aliphatic heterocycles. The van der Waals surface area contributed by atoms with Crippen LogP contribution in [0.4, 0.5) is 5.69 Å². The third-order valence-corrected chi connectivity index (χ3v) is 5.01.